The van der Waals surface area contributed by atoms with E-state index in [4.69, 9.17) is 0 Å². The summed E-state index contributed by atoms with van der Waals surface area (Å²) in [6.45, 7) is 11.8. The smallest absolute Gasteiger partial charge is 0.0775 e. The van der Waals surface area contributed by atoms with Crippen molar-refractivity contribution < 1.29 is 0 Å². The lowest BCUT2D eigenvalue weighted by molar-refractivity contribution is 0.641. The first-order valence-corrected chi connectivity index (χ1v) is 14.9. The van der Waals surface area contributed by atoms with E-state index in [2.05, 4.69) is 142 Å². The second-order valence-electron chi connectivity index (χ2n) is 10.1. The SMILES string of the molecule is CC(C)(c1ccccc1)c1ccc(Nc2ccc([Si](C)(C)C)cc2)c(-c2ccccc2)c1. The Kier molecular flexibility index (Phi) is 6.08. The molecule has 4 aromatic carbocycles. The molecule has 0 aliphatic rings. The van der Waals surface area contributed by atoms with E-state index < -0.39 is 8.07 Å². The van der Waals surface area contributed by atoms with Gasteiger partial charge in [-0.15, -0.1) is 0 Å². The van der Waals surface area contributed by atoms with Crippen molar-refractivity contribution in [3.63, 3.8) is 0 Å². The van der Waals surface area contributed by atoms with Gasteiger partial charge in [0.15, 0.2) is 0 Å². The van der Waals surface area contributed by atoms with Crippen molar-refractivity contribution >= 4 is 24.6 Å². The number of benzene rings is 4. The Hall–Kier alpha value is -3.10. The van der Waals surface area contributed by atoms with Crippen LogP contribution in [0.3, 0.4) is 0 Å². The highest BCUT2D eigenvalue weighted by atomic mass is 28.3. The highest BCUT2D eigenvalue weighted by molar-refractivity contribution is 6.88. The Labute approximate surface area is 194 Å². The molecule has 0 atom stereocenters. The maximum absolute atomic E-state index is 3.68. The van der Waals surface area contributed by atoms with Gasteiger partial charge in [0.1, 0.15) is 0 Å². The Morgan fingerprint density at radius 1 is 0.625 bits per heavy atom. The molecule has 0 bridgehead atoms. The van der Waals surface area contributed by atoms with Gasteiger partial charge in [-0.3, -0.25) is 0 Å². The minimum atomic E-state index is -1.30. The van der Waals surface area contributed by atoms with E-state index in [0.29, 0.717) is 0 Å². The average Bonchev–Trinajstić information content (AvgIpc) is 2.80. The topological polar surface area (TPSA) is 12.0 Å². The third-order valence-electron chi connectivity index (χ3n) is 6.35. The lowest BCUT2D eigenvalue weighted by Gasteiger charge is -2.27. The number of nitrogens with one attached hydrogen (secondary N) is 1. The van der Waals surface area contributed by atoms with E-state index >= 15 is 0 Å². The van der Waals surface area contributed by atoms with Crippen LogP contribution in [0.2, 0.25) is 19.6 Å². The summed E-state index contributed by atoms with van der Waals surface area (Å²) >= 11 is 0. The van der Waals surface area contributed by atoms with Crippen LogP contribution >= 0.6 is 0 Å². The molecule has 2 heteroatoms. The zero-order valence-corrected chi connectivity index (χ0v) is 20.8. The largest absolute Gasteiger partial charge is 0.355 e. The zero-order chi connectivity index (χ0) is 22.8. The van der Waals surface area contributed by atoms with Crippen molar-refractivity contribution in [2.75, 3.05) is 5.32 Å². The highest BCUT2D eigenvalue weighted by Crippen LogP contribution is 2.37. The molecule has 1 nitrogen and oxygen atoms in total. The van der Waals surface area contributed by atoms with Crippen molar-refractivity contribution in [2.24, 2.45) is 0 Å². The predicted molar refractivity (Wildman–Crippen MR) is 143 cm³/mol. The van der Waals surface area contributed by atoms with Gasteiger partial charge in [0.2, 0.25) is 0 Å². The van der Waals surface area contributed by atoms with Gasteiger partial charge >= 0.3 is 0 Å². The van der Waals surface area contributed by atoms with Crippen LogP contribution < -0.4 is 10.5 Å². The Balaban J connectivity index is 1.75. The van der Waals surface area contributed by atoms with Crippen LogP contribution in [0, 0.1) is 0 Å². The fraction of sp³-hybridized carbons (Fsp3) is 0.200. The fourth-order valence-electron chi connectivity index (χ4n) is 4.13. The average molecular weight is 436 g/mol. The van der Waals surface area contributed by atoms with Gasteiger partial charge in [0, 0.05) is 22.4 Å². The molecule has 0 heterocycles. The van der Waals surface area contributed by atoms with E-state index in [-0.39, 0.29) is 5.41 Å². The van der Waals surface area contributed by atoms with Gasteiger partial charge < -0.3 is 5.32 Å². The summed E-state index contributed by atoms with van der Waals surface area (Å²) in [5.41, 5.74) is 7.25. The number of rotatable bonds is 6. The first-order valence-electron chi connectivity index (χ1n) is 11.4. The van der Waals surface area contributed by atoms with Crippen LogP contribution in [-0.2, 0) is 5.41 Å². The molecule has 0 aliphatic heterocycles. The van der Waals surface area contributed by atoms with Gasteiger partial charge in [-0.2, -0.15) is 0 Å². The minimum Gasteiger partial charge on any atom is -0.355 e. The van der Waals surface area contributed by atoms with Crippen LogP contribution in [0.1, 0.15) is 25.0 Å². The normalized spacial score (nSPS) is 11.9. The summed E-state index contributed by atoms with van der Waals surface area (Å²) in [5.74, 6) is 0. The molecular formula is C30H33NSi. The second-order valence-corrected chi connectivity index (χ2v) is 15.1. The van der Waals surface area contributed by atoms with Crippen LogP contribution in [0.4, 0.5) is 11.4 Å². The van der Waals surface area contributed by atoms with Crippen molar-refractivity contribution in [1.82, 2.24) is 0 Å². The Morgan fingerprint density at radius 2 is 1.22 bits per heavy atom. The molecule has 0 spiro atoms. The van der Waals surface area contributed by atoms with Gasteiger partial charge in [-0.05, 0) is 41.0 Å². The van der Waals surface area contributed by atoms with E-state index in [1.807, 2.05) is 0 Å². The molecule has 0 amide bonds. The summed E-state index contributed by atoms with van der Waals surface area (Å²) in [6.07, 6.45) is 0. The minimum absolute atomic E-state index is 0.0810. The zero-order valence-electron chi connectivity index (χ0n) is 19.8. The molecule has 1 N–H and O–H groups in total. The predicted octanol–water partition coefficient (Wildman–Crippen LogP) is 7.97. The van der Waals surface area contributed by atoms with Crippen LogP contribution in [-0.4, -0.2) is 8.07 Å². The molecule has 0 aliphatic carbocycles. The lowest BCUT2D eigenvalue weighted by atomic mass is 9.77. The van der Waals surface area contributed by atoms with Crippen molar-refractivity contribution in [2.45, 2.75) is 38.9 Å². The molecule has 32 heavy (non-hydrogen) atoms. The monoisotopic (exact) mass is 435 g/mol. The molecule has 0 unspecified atom stereocenters. The maximum atomic E-state index is 3.68. The highest BCUT2D eigenvalue weighted by Gasteiger charge is 2.24. The quantitative estimate of drug-likeness (QED) is 0.303. The number of hydrogen-bond acceptors (Lipinski definition) is 1. The summed E-state index contributed by atoms with van der Waals surface area (Å²) in [5, 5.41) is 5.16. The van der Waals surface area contributed by atoms with Gasteiger partial charge in [-0.25, -0.2) is 0 Å². The van der Waals surface area contributed by atoms with Gasteiger partial charge in [-0.1, -0.05) is 118 Å². The fourth-order valence-corrected chi connectivity index (χ4v) is 5.30. The summed E-state index contributed by atoms with van der Waals surface area (Å²) in [7, 11) is -1.30. The molecule has 0 saturated heterocycles. The lowest BCUT2D eigenvalue weighted by Crippen LogP contribution is -2.37. The van der Waals surface area contributed by atoms with E-state index in [0.717, 1.165) is 11.4 Å². The van der Waals surface area contributed by atoms with Crippen LogP contribution in [0.5, 0.6) is 0 Å². The van der Waals surface area contributed by atoms with Gasteiger partial charge in [0.25, 0.3) is 0 Å². The Bertz CT molecular complexity index is 1170. The number of anilines is 2. The van der Waals surface area contributed by atoms with E-state index in [1.165, 1.54) is 27.4 Å². The van der Waals surface area contributed by atoms with Gasteiger partial charge in [0.05, 0.1) is 8.07 Å². The number of hydrogen-bond donors (Lipinski definition) is 1. The molecule has 162 valence electrons. The summed E-state index contributed by atoms with van der Waals surface area (Å²) < 4.78 is 0. The van der Waals surface area contributed by atoms with Crippen molar-refractivity contribution in [3.8, 4) is 11.1 Å². The van der Waals surface area contributed by atoms with Crippen LogP contribution in [0.25, 0.3) is 11.1 Å². The van der Waals surface area contributed by atoms with Crippen LogP contribution in [0.15, 0.2) is 103 Å². The van der Waals surface area contributed by atoms with Crippen molar-refractivity contribution in [3.05, 3.63) is 114 Å². The third kappa shape index (κ3) is 4.71. The molecule has 0 saturated carbocycles. The molecule has 0 fully saturated rings. The molecule has 0 aromatic heterocycles. The summed E-state index contributed by atoms with van der Waals surface area (Å²) in [6, 6.07) is 37.2. The first kappa shape index (κ1) is 22.1. The molecule has 4 aromatic rings. The standard InChI is InChI=1S/C30H33NSi/c1-30(2,24-14-10-7-11-15-24)25-16-21-29(28(22-25)23-12-8-6-9-13-23)31-26-17-19-27(20-18-26)32(3,4)5/h6-22,31H,1-5H3. The van der Waals surface area contributed by atoms with E-state index in [9.17, 15) is 0 Å². The molecule has 4 rings (SSSR count). The molecule has 0 radical (unpaired) electrons. The maximum Gasteiger partial charge on any atom is 0.0775 e. The van der Waals surface area contributed by atoms with Crippen molar-refractivity contribution in [1.29, 1.82) is 0 Å². The second kappa shape index (κ2) is 8.80. The van der Waals surface area contributed by atoms with E-state index in [1.54, 1.807) is 0 Å². The Morgan fingerprint density at radius 3 is 1.81 bits per heavy atom. The molecular weight excluding hydrogens is 402 g/mol. The summed E-state index contributed by atoms with van der Waals surface area (Å²) in [4.78, 5) is 0. The first-order chi connectivity index (χ1) is 15.2. The third-order valence-corrected chi connectivity index (χ3v) is 8.42.